The van der Waals surface area contributed by atoms with Crippen LogP contribution in [0.4, 0.5) is 5.69 Å². The zero-order valence-electron chi connectivity index (χ0n) is 15.2. The van der Waals surface area contributed by atoms with Crippen molar-refractivity contribution in [1.29, 1.82) is 0 Å². The van der Waals surface area contributed by atoms with Crippen LogP contribution in [-0.2, 0) is 0 Å². The van der Waals surface area contributed by atoms with E-state index in [1.165, 1.54) is 18.2 Å². The second kappa shape index (κ2) is 6.24. The summed E-state index contributed by atoms with van der Waals surface area (Å²) >= 11 is 0. The average Bonchev–Trinajstić information content (AvgIpc) is 3.10. The number of hydrogen-bond acceptors (Lipinski definition) is 5. The van der Waals surface area contributed by atoms with Crippen molar-refractivity contribution in [3.05, 3.63) is 80.6 Å². The molecule has 0 unspecified atom stereocenters. The number of carboxylic acid groups (broad SMARTS) is 1. The van der Waals surface area contributed by atoms with Gasteiger partial charge in [0, 0.05) is 0 Å². The first-order valence-electron chi connectivity index (χ1n) is 8.89. The van der Waals surface area contributed by atoms with Gasteiger partial charge >= 0.3 is 11.7 Å². The van der Waals surface area contributed by atoms with Gasteiger partial charge in [0.2, 0.25) is 0 Å². The molecule has 0 saturated heterocycles. The maximum Gasteiger partial charge on any atom is 0.335 e. The Labute approximate surface area is 166 Å². The second-order valence-corrected chi connectivity index (χ2v) is 6.80. The minimum absolute atomic E-state index is 0.0751. The number of carbonyl (C=O) groups is 1. The summed E-state index contributed by atoms with van der Waals surface area (Å²) in [7, 11) is 0. The molecule has 0 bridgehead atoms. The third-order valence-electron chi connectivity index (χ3n) is 5.00. The Hall–Kier alpha value is -4.53. The number of hydrogen-bond donors (Lipinski definition) is 3. The predicted molar refractivity (Wildman–Crippen MR) is 111 cm³/mol. The second-order valence-electron chi connectivity index (χ2n) is 6.80. The summed E-state index contributed by atoms with van der Waals surface area (Å²) in [6.07, 6.45) is 0. The number of nitrogens with one attached hydrogen (secondary N) is 2. The molecular formula is C21H12N4O5. The van der Waals surface area contributed by atoms with Crippen molar-refractivity contribution in [3.63, 3.8) is 0 Å². The number of nitrogens with zero attached hydrogens (tertiary/aromatic N) is 2. The molecule has 30 heavy (non-hydrogen) atoms. The molecule has 5 aromatic rings. The van der Waals surface area contributed by atoms with Crippen LogP contribution < -0.4 is 5.56 Å². The molecule has 3 N–H and O–H groups in total. The van der Waals surface area contributed by atoms with Gasteiger partial charge in [0.15, 0.2) is 5.69 Å². The molecule has 0 aliphatic heterocycles. The first kappa shape index (κ1) is 17.6. The molecule has 2 heterocycles. The minimum atomic E-state index is -1.21. The van der Waals surface area contributed by atoms with E-state index in [1.54, 1.807) is 12.1 Å². The number of aromatic amines is 2. The van der Waals surface area contributed by atoms with Gasteiger partial charge in [-0.05, 0) is 41.1 Å². The molecule has 0 aliphatic rings. The number of nitro groups is 1. The Morgan fingerprint density at radius 1 is 1.00 bits per heavy atom. The largest absolute Gasteiger partial charge is 0.478 e. The van der Waals surface area contributed by atoms with Gasteiger partial charge in [0.25, 0.3) is 5.56 Å². The highest BCUT2D eigenvalue weighted by atomic mass is 16.6. The summed E-state index contributed by atoms with van der Waals surface area (Å²) in [4.78, 5) is 45.1. The van der Waals surface area contributed by atoms with E-state index in [2.05, 4.69) is 15.0 Å². The number of aromatic carboxylic acids is 1. The SMILES string of the molecule is O=C(O)c1ccc2[nH]c(-c3nc4cc5ccccc5cc4[nH]c3=O)c([N+](=O)[O-])c2c1. The fraction of sp³-hybridized carbons (Fsp3) is 0. The van der Waals surface area contributed by atoms with Gasteiger partial charge < -0.3 is 15.1 Å². The lowest BCUT2D eigenvalue weighted by Gasteiger charge is -2.04. The highest BCUT2D eigenvalue weighted by molar-refractivity contribution is 6.02. The van der Waals surface area contributed by atoms with Gasteiger partial charge in [-0.2, -0.15) is 0 Å². The van der Waals surface area contributed by atoms with E-state index in [-0.39, 0.29) is 22.3 Å². The predicted octanol–water partition coefficient (Wildman–Crippen LogP) is 3.83. The van der Waals surface area contributed by atoms with Crippen molar-refractivity contribution >= 4 is 44.4 Å². The number of rotatable bonds is 3. The summed E-state index contributed by atoms with van der Waals surface area (Å²) < 4.78 is 0. The monoisotopic (exact) mass is 400 g/mol. The van der Waals surface area contributed by atoms with Gasteiger partial charge in [-0.25, -0.2) is 9.78 Å². The van der Waals surface area contributed by atoms with Crippen LogP contribution in [0.1, 0.15) is 10.4 Å². The van der Waals surface area contributed by atoms with Crippen LogP contribution in [0.25, 0.3) is 44.1 Å². The zero-order chi connectivity index (χ0) is 21.0. The van der Waals surface area contributed by atoms with E-state index < -0.39 is 22.1 Å². The number of H-pyrrole nitrogens is 2. The van der Waals surface area contributed by atoms with Crippen LogP contribution >= 0.6 is 0 Å². The number of aromatic nitrogens is 3. The van der Waals surface area contributed by atoms with E-state index in [9.17, 15) is 24.8 Å². The molecule has 0 amide bonds. The molecule has 0 aliphatic carbocycles. The lowest BCUT2D eigenvalue weighted by atomic mass is 10.1. The van der Waals surface area contributed by atoms with Crippen molar-refractivity contribution < 1.29 is 14.8 Å². The fourth-order valence-corrected chi connectivity index (χ4v) is 3.61. The maximum absolute atomic E-state index is 12.7. The van der Waals surface area contributed by atoms with Crippen molar-refractivity contribution in [1.82, 2.24) is 15.0 Å². The van der Waals surface area contributed by atoms with Gasteiger partial charge in [-0.1, -0.05) is 24.3 Å². The van der Waals surface area contributed by atoms with Crippen molar-refractivity contribution in [2.24, 2.45) is 0 Å². The molecule has 0 radical (unpaired) electrons. The third-order valence-corrected chi connectivity index (χ3v) is 5.00. The third kappa shape index (κ3) is 2.60. The first-order valence-corrected chi connectivity index (χ1v) is 8.89. The Morgan fingerprint density at radius 2 is 1.73 bits per heavy atom. The van der Waals surface area contributed by atoms with E-state index >= 15 is 0 Å². The van der Waals surface area contributed by atoms with Crippen LogP contribution in [0, 0.1) is 10.1 Å². The molecule has 0 spiro atoms. The van der Waals surface area contributed by atoms with E-state index in [1.807, 2.05) is 24.3 Å². The molecule has 3 aromatic carbocycles. The molecular weight excluding hydrogens is 388 g/mol. The number of benzene rings is 3. The Kier molecular flexibility index (Phi) is 3.65. The lowest BCUT2D eigenvalue weighted by Crippen LogP contribution is -2.12. The normalized spacial score (nSPS) is 11.3. The van der Waals surface area contributed by atoms with E-state index in [0.717, 1.165) is 10.8 Å². The van der Waals surface area contributed by atoms with Gasteiger partial charge in [-0.3, -0.25) is 14.9 Å². The highest BCUT2D eigenvalue weighted by Gasteiger charge is 2.27. The lowest BCUT2D eigenvalue weighted by molar-refractivity contribution is -0.382. The van der Waals surface area contributed by atoms with Gasteiger partial charge in [0.1, 0.15) is 5.69 Å². The average molecular weight is 400 g/mol. The summed E-state index contributed by atoms with van der Waals surface area (Å²) in [5, 5.41) is 22.9. The summed E-state index contributed by atoms with van der Waals surface area (Å²) in [6.45, 7) is 0. The van der Waals surface area contributed by atoms with Crippen molar-refractivity contribution in [2.45, 2.75) is 0 Å². The molecule has 9 nitrogen and oxygen atoms in total. The highest BCUT2D eigenvalue weighted by Crippen LogP contribution is 2.35. The zero-order valence-corrected chi connectivity index (χ0v) is 15.2. The maximum atomic E-state index is 12.7. The van der Waals surface area contributed by atoms with Crippen LogP contribution in [0.5, 0.6) is 0 Å². The molecule has 9 heteroatoms. The molecule has 146 valence electrons. The van der Waals surface area contributed by atoms with Crippen LogP contribution in [0.2, 0.25) is 0 Å². The van der Waals surface area contributed by atoms with E-state index in [0.29, 0.717) is 16.6 Å². The summed E-state index contributed by atoms with van der Waals surface area (Å²) in [6, 6.07) is 15.1. The Morgan fingerprint density at radius 3 is 2.43 bits per heavy atom. The number of carboxylic acids is 1. The van der Waals surface area contributed by atoms with Gasteiger partial charge in [0.05, 0.1) is 32.4 Å². The molecule has 5 rings (SSSR count). The Balaban J connectivity index is 1.82. The van der Waals surface area contributed by atoms with Crippen LogP contribution in [-0.4, -0.2) is 31.0 Å². The summed E-state index contributed by atoms with van der Waals surface area (Å²) in [5.74, 6) is -1.21. The van der Waals surface area contributed by atoms with Crippen LogP contribution in [0.15, 0.2) is 59.4 Å². The summed E-state index contributed by atoms with van der Waals surface area (Å²) in [5.41, 5.74) is 0.0184. The molecule has 0 fully saturated rings. The standard InChI is InChI=1S/C21H12N4O5/c26-20-18(23-15-8-10-3-1-2-4-11(10)9-16(15)24-20)17-19(25(29)30)13-7-12(21(27)28)5-6-14(13)22-17/h1-9,22H,(H,24,26)(H,27,28). The number of fused-ring (bicyclic) bond motifs is 3. The molecule has 0 atom stereocenters. The van der Waals surface area contributed by atoms with Gasteiger partial charge in [-0.15, -0.1) is 0 Å². The Bertz CT molecular complexity index is 1580. The first-order chi connectivity index (χ1) is 14.4. The fourth-order valence-electron chi connectivity index (χ4n) is 3.61. The molecule has 0 saturated carbocycles. The van der Waals surface area contributed by atoms with Crippen molar-refractivity contribution in [3.8, 4) is 11.4 Å². The topological polar surface area (TPSA) is 142 Å². The van der Waals surface area contributed by atoms with Crippen LogP contribution in [0.3, 0.4) is 0 Å². The van der Waals surface area contributed by atoms with Crippen molar-refractivity contribution in [2.75, 3.05) is 0 Å². The molecule has 2 aromatic heterocycles. The minimum Gasteiger partial charge on any atom is -0.478 e. The quantitative estimate of drug-likeness (QED) is 0.239. The smallest absolute Gasteiger partial charge is 0.335 e. The van der Waals surface area contributed by atoms with E-state index in [4.69, 9.17) is 0 Å².